The predicted octanol–water partition coefficient (Wildman–Crippen LogP) is 2.73. The van der Waals surface area contributed by atoms with Gasteiger partial charge in [0.1, 0.15) is 0 Å². The van der Waals surface area contributed by atoms with Crippen LogP contribution in [0.5, 0.6) is 0 Å². The van der Waals surface area contributed by atoms with E-state index in [1.54, 1.807) is 0 Å². The number of nitrogens with one attached hydrogen (secondary N) is 1. The van der Waals surface area contributed by atoms with Crippen LogP contribution in [0.25, 0.3) is 0 Å². The lowest BCUT2D eigenvalue weighted by molar-refractivity contribution is -0.142. The summed E-state index contributed by atoms with van der Waals surface area (Å²) in [4.78, 5) is 23.8. The molecule has 2 N–H and O–H groups in total. The maximum Gasteiger partial charge on any atom is 0.417 e. The van der Waals surface area contributed by atoms with E-state index >= 15 is 0 Å². The quantitative estimate of drug-likeness (QED) is 0.879. The third-order valence-corrected chi connectivity index (χ3v) is 3.47. The highest BCUT2D eigenvalue weighted by Gasteiger charge is 2.45. The molecule has 0 bridgehead atoms. The molecule has 1 aromatic rings. The Morgan fingerprint density at radius 3 is 2.57 bits per heavy atom. The zero-order valence-electron chi connectivity index (χ0n) is 10.7. The molecule has 1 aromatic carbocycles. The largest absolute Gasteiger partial charge is 0.479 e. The third kappa shape index (κ3) is 2.76. The van der Waals surface area contributed by atoms with E-state index in [1.807, 2.05) is 0 Å². The minimum absolute atomic E-state index is 0.0748. The number of hydrogen-bond donors (Lipinski definition) is 2. The van der Waals surface area contributed by atoms with E-state index in [9.17, 15) is 22.8 Å². The molecule has 1 saturated heterocycles. The Kier molecular flexibility index (Phi) is 3.53. The number of urea groups is 1. The van der Waals surface area contributed by atoms with Gasteiger partial charge in [-0.15, -0.1) is 0 Å². The number of amides is 2. The average Bonchev–Trinajstić information content (AvgIpc) is 2.65. The van der Waals surface area contributed by atoms with E-state index in [2.05, 4.69) is 5.32 Å². The van der Waals surface area contributed by atoms with Crippen molar-refractivity contribution in [2.45, 2.75) is 18.6 Å². The van der Waals surface area contributed by atoms with Crippen LogP contribution in [0.2, 0.25) is 5.02 Å². The van der Waals surface area contributed by atoms with Crippen LogP contribution in [0.1, 0.15) is 12.5 Å². The summed E-state index contributed by atoms with van der Waals surface area (Å²) in [6.07, 6.45) is -4.67. The number of carboxylic acids is 1. The number of rotatable bonds is 2. The van der Waals surface area contributed by atoms with Crippen LogP contribution in [-0.2, 0) is 11.0 Å². The van der Waals surface area contributed by atoms with Crippen LogP contribution in [0, 0.1) is 0 Å². The van der Waals surface area contributed by atoms with Crippen molar-refractivity contribution in [2.24, 2.45) is 0 Å². The van der Waals surface area contributed by atoms with Crippen LogP contribution in [-0.4, -0.2) is 29.2 Å². The first kappa shape index (κ1) is 15.4. The summed E-state index contributed by atoms with van der Waals surface area (Å²) >= 11 is 5.50. The van der Waals surface area contributed by atoms with Crippen molar-refractivity contribution in [3.63, 3.8) is 0 Å². The number of carbonyl (C=O) groups excluding carboxylic acids is 1. The molecule has 2 amide bonds. The highest BCUT2D eigenvalue weighted by atomic mass is 35.5. The van der Waals surface area contributed by atoms with Gasteiger partial charge in [-0.2, -0.15) is 13.2 Å². The van der Waals surface area contributed by atoms with Gasteiger partial charge in [0.2, 0.25) is 0 Å². The first-order chi connectivity index (χ1) is 9.54. The topological polar surface area (TPSA) is 69.6 Å². The lowest BCUT2D eigenvalue weighted by atomic mass is 10.0. The van der Waals surface area contributed by atoms with Gasteiger partial charge in [-0.3, -0.25) is 4.90 Å². The summed E-state index contributed by atoms with van der Waals surface area (Å²) < 4.78 is 38.4. The number of carboxylic acid groups (broad SMARTS) is 1. The zero-order chi connectivity index (χ0) is 16.0. The molecule has 9 heteroatoms. The number of hydrogen-bond acceptors (Lipinski definition) is 2. The molecule has 1 unspecified atom stereocenters. The fourth-order valence-corrected chi connectivity index (χ4v) is 2.18. The van der Waals surface area contributed by atoms with E-state index in [0.717, 1.165) is 17.0 Å². The van der Waals surface area contributed by atoms with Gasteiger partial charge in [0.15, 0.2) is 5.54 Å². The number of aliphatic carboxylic acids is 1. The molecular formula is C12H10ClF3N2O3. The lowest BCUT2D eigenvalue weighted by Crippen LogP contribution is -2.47. The van der Waals surface area contributed by atoms with Crippen molar-refractivity contribution in [2.75, 3.05) is 11.4 Å². The normalized spacial score (nSPS) is 22.3. The second kappa shape index (κ2) is 4.80. The van der Waals surface area contributed by atoms with Crippen molar-refractivity contribution in [3.8, 4) is 0 Å². The van der Waals surface area contributed by atoms with Gasteiger partial charge < -0.3 is 10.4 Å². The highest BCUT2D eigenvalue weighted by molar-refractivity contribution is 6.31. The molecule has 114 valence electrons. The summed E-state index contributed by atoms with van der Waals surface area (Å²) in [7, 11) is 0. The number of benzene rings is 1. The second-order valence-corrected chi connectivity index (χ2v) is 5.22. The van der Waals surface area contributed by atoms with Gasteiger partial charge in [0.25, 0.3) is 0 Å². The Balaban J connectivity index is 2.40. The van der Waals surface area contributed by atoms with E-state index in [-0.39, 0.29) is 12.2 Å². The first-order valence-electron chi connectivity index (χ1n) is 5.74. The summed E-state index contributed by atoms with van der Waals surface area (Å²) in [5.74, 6) is -1.27. The van der Waals surface area contributed by atoms with E-state index in [0.29, 0.717) is 0 Å². The molecule has 1 fully saturated rings. The molecule has 21 heavy (non-hydrogen) atoms. The predicted molar refractivity (Wildman–Crippen MR) is 68.4 cm³/mol. The monoisotopic (exact) mass is 322 g/mol. The SMILES string of the molecule is CC1(C(=O)O)CN(c2ccc(Cl)c(C(F)(F)F)c2)C(=O)N1. The third-order valence-electron chi connectivity index (χ3n) is 3.14. The molecule has 0 radical (unpaired) electrons. The molecule has 0 spiro atoms. The van der Waals surface area contributed by atoms with Crippen molar-refractivity contribution in [1.82, 2.24) is 5.32 Å². The van der Waals surface area contributed by atoms with Crippen molar-refractivity contribution in [1.29, 1.82) is 0 Å². The molecule has 1 heterocycles. The summed E-state index contributed by atoms with van der Waals surface area (Å²) in [6.45, 7) is 0.980. The van der Waals surface area contributed by atoms with Gasteiger partial charge >= 0.3 is 18.2 Å². The van der Waals surface area contributed by atoms with Crippen molar-refractivity contribution < 1.29 is 27.9 Å². The Bertz CT molecular complexity index is 620. The first-order valence-corrected chi connectivity index (χ1v) is 6.12. The van der Waals surface area contributed by atoms with Crippen molar-refractivity contribution in [3.05, 3.63) is 28.8 Å². The minimum atomic E-state index is -4.67. The fourth-order valence-electron chi connectivity index (χ4n) is 1.96. The molecular weight excluding hydrogens is 313 g/mol. The van der Waals surface area contributed by atoms with E-state index in [1.165, 1.54) is 13.0 Å². The maximum absolute atomic E-state index is 12.8. The summed E-state index contributed by atoms with van der Waals surface area (Å²) in [5.41, 5.74) is -2.72. The van der Waals surface area contributed by atoms with Gasteiger partial charge in [-0.05, 0) is 25.1 Å². The molecule has 0 aromatic heterocycles. The molecule has 0 aliphatic carbocycles. The Morgan fingerprint density at radius 1 is 1.48 bits per heavy atom. The van der Waals surface area contributed by atoms with Gasteiger partial charge in [0, 0.05) is 5.69 Å². The molecule has 0 saturated carbocycles. The summed E-state index contributed by atoms with van der Waals surface area (Å²) in [6, 6.07) is 2.18. The van der Waals surface area contributed by atoms with E-state index in [4.69, 9.17) is 16.7 Å². The summed E-state index contributed by atoms with van der Waals surface area (Å²) in [5, 5.41) is 10.8. The number of carbonyl (C=O) groups is 2. The van der Waals surface area contributed by atoms with Crippen molar-refractivity contribution >= 4 is 29.3 Å². The number of nitrogens with zero attached hydrogens (tertiary/aromatic N) is 1. The van der Waals surface area contributed by atoms with Gasteiger partial charge in [0.05, 0.1) is 17.1 Å². The van der Waals surface area contributed by atoms with Crippen LogP contribution < -0.4 is 10.2 Å². The molecule has 1 aliphatic heterocycles. The fraction of sp³-hybridized carbons (Fsp3) is 0.333. The number of alkyl halides is 3. The molecule has 1 aliphatic rings. The standard InChI is InChI=1S/C12H10ClF3N2O3/c1-11(9(19)20)5-18(10(21)17-11)6-2-3-8(13)7(4-6)12(14,15)16/h2-4H,5H2,1H3,(H,17,21)(H,19,20). The Hall–Kier alpha value is -1.96. The molecule has 5 nitrogen and oxygen atoms in total. The highest BCUT2D eigenvalue weighted by Crippen LogP contribution is 2.37. The second-order valence-electron chi connectivity index (χ2n) is 4.82. The van der Waals surface area contributed by atoms with Crippen LogP contribution in [0.4, 0.5) is 23.7 Å². The number of halogens is 4. The lowest BCUT2D eigenvalue weighted by Gasteiger charge is -2.19. The zero-order valence-corrected chi connectivity index (χ0v) is 11.4. The van der Waals surface area contributed by atoms with Crippen LogP contribution in [0.15, 0.2) is 18.2 Å². The number of anilines is 1. The molecule has 2 rings (SSSR count). The Labute approximate surface area is 122 Å². The Morgan fingerprint density at radius 2 is 2.10 bits per heavy atom. The average molecular weight is 323 g/mol. The van der Waals surface area contributed by atoms with Crippen LogP contribution >= 0.6 is 11.6 Å². The van der Waals surface area contributed by atoms with Crippen LogP contribution in [0.3, 0.4) is 0 Å². The molecule has 1 atom stereocenters. The smallest absolute Gasteiger partial charge is 0.417 e. The maximum atomic E-state index is 12.8. The van der Waals surface area contributed by atoms with Gasteiger partial charge in [-0.25, -0.2) is 9.59 Å². The van der Waals surface area contributed by atoms with E-state index < -0.39 is 34.3 Å². The minimum Gasteiger partial charge on any atom is -0.479 e. The van der Waals surface area contributed by atoms with Gasteiger partial charge in [-0.1, -0.05) is 11.6 Å².